The first kappa shape index (κ1) is 23.3. The number of hydrogen-bond donors (Lipinski definition) is 1. The Morgan fingerprint density at radius 1 is 1.00 bits per heavy atom. The van der Waals surface area contributed by atoms with Crippen LogP contribution in [0.1, 0.15) is 35.4 Å². The molecule has 2 saturated heterocycles. The lowest BCUT2D eigenvalue weighted by atomic mass is 9.74. The zero-order valence-electron chi connectivity index (χ0n) is 19.4. The van der Waals surface area contributed by atoms with Crippen LogP contribution < -0.4 is 4.74 Å². The van der Waals surface area contributed by atoms with E-state index in [0.717, 1.165) is 42.8 Å². The van der Waals surface area contributed by atoms with Gasteiger partial charge in [-0.1, -0.05) is 24.0 Å². The third-order valence-corrected chi connectivity index (χ3v) is 6.73. The minimum atomic E-state index is 0.0368. The highest BCUT2D eigenvalue weighted by atomic mass is 16.5. The lowest BCUT2D eigenvalue weighted by molar-refractivity contribution is -0.140. The molecule has 33 heavy (non-hydrogen) atoms. The Balaban J connectivity index is 1.49. The number of rotatable bonds is 5. The number of amides is 1. The Labute approximate surface area is 196 Å². The van der Waals surface area contributed by atoms with E-state index >= 15 is 0 Å². The van der Waals surface area contributed by atoms with Gasteiger partial charge in [0.15, 0.2) is 0 Å². The quantitative estimate of drug-likeness (QED) is 0.713. The number of ether oxygens (including phenoxy) is 2. The fraction of sp³-hybridized carbons (Fsp3) is 0.444. The van der Waals surface area contributed by atoms with Crippen molar-refractivity contribution < 1.29 is 19.4 Å². The number of nitrogens with zero attached hydrogens (tertiary/aromatic N) is 2. The number of carbonyl (C=O) groups is 1. The second-order valence-corrected chi connectivity index (χ2v) is 8.66. The van der Waals surface area contributed by atoms with Gasteiger partial charge in [0, 0.05) is 49.3 Å². The van der Waals surface area contributed by atoms with Crippen LogP contribution in [0.2, 0.25) is 0 Å². The maximum absolute atomic E-state index is 12.5. The van der Waals surface area contributed by atoms with Gasteiger partial charge in [-0.15, -0.1) is 0 Å². The van der Waals surface area contributed by atoms with Crippen LogP contribution in [0.4, 0.5) is 0 Å². The zero-order valence-corrected chi connectivity index (χ0v) is 19.4. The number of fused-ring (bicyclic) bond motifs is 1. The fourth-order valence-electron chi connectivity index (χ4n) is 4.99. The largest absolute Gasteiger partial charge is 0.497 e. The average Bonchev–Trinajstić information content (AvgIpc) is 2.83. The van der Waals surface area contributed by atoms with Gasteiger partial charge in [-0.2, -0.15) is 0 Å². The molecule has 2 aromatic rings. The number of aliphatic hydroxyl groups excluding tert-OH is 1. The second kappa shape index (κ2) is 10.8. The van der Waals surface area contributed by atoms with Crippen LogP contribution in [0.3, 0.4) is 0 Å². The summed E-state index contributed by atoms with van der Waals surface area (Å²) < 4.78 is 10.3. The Kier molecular flexibility index (Phi) is 7.66. The highest BCUT2D eigenvalue weighted by Gasteiger charge is 2.49. The number of benzene rings is 2. The predicted octanol–water partition coefficient (Wildman–Crippen LogP) is 2.49. The number of carbonyl (C=O) groups excluding carboxylic acids is 1. The molecule has 174 valence electrons. The van der Waals surface area contributed by atoms with Crippen molar-refractivity contribution >= 4 is 5.91 Å². The van der Waals surface area contributed by atoms with Crippen molar-refractivity contribution in [2.45, 2.75) is 30.8 Å². The first-order valence-electron chi connectivity index (χ1n) is 11.5. The molecule has 4 rings (SSSR count). The molecule has 2 fully saturated rings. The third-order valence-electron chi connectivity index (χ3n) is 6.73. The molecule has 0 unspecified atom stereocenters. The highest BCUT2D eigenvalue weighted by molar-refractivity contribution is 5.77. The van der Waals surface area contributed by atoms with Crippen LogP contribution in [0.15, 0.2) is 48.5 Å². The molecular formula is C27H32N2O4. The minimum Gasteiger partial charge on any atom is -0.497 e. The minimum absolute atomic E-state index is 0.0368. The van der Waals surface area contributed by atoms with Crippen LogP contribution >= 0.6 is 0 Å². The monoisotopic (exact) mass is 448 g/mol. The Bertz CT molecular complexity index is 994. The van der Waals surface area contributed by atoms with Gasteiger partial charge in [-0.3, -0.25) is 9.69 Å². The SMILES string of the molecule is COCC(=O)N1CCCCN2[C@@H](CO)[C@H](c3ccc(C#Cc4ccc(OC)cc4)cc3)[C@@H]2C1. The summed E-state index contributed by atoms with van der Waals surface area (Å²) in [6.07, 6.45) is 2.00. The Hall–Kier alpha value is -2.85. The van der Waals surface area contributed by atoms with Crippen molar-refractivity contribution in [2.75, 3.05) is 47.1 Å². The van der Waals surface area contributed by atoms with Gasteiger partial charge < -0.3 is 19.5 Å². The number of hydrogen-bond acceptors (Lipinski definition) is 5. The summed E-state index contributed by atoms with van der Waals surface area (Å²) in [5.74, 6) is 7.45. The maximum Gasteiger partial charge on any atom is 0.248 e. The molecule has 1 N–H and O–H groups in total. The van der Waals surface area contributed by atoms with E-state index in [1.807, 2.05) is 41.3 Å². The number of aliphatic hydroxyl groups is 1. The normalized spacial score (nSPS) is 22.8. The van der Waals surface area contributed by atoms with E-state index in [-0.39, 0.29) is 37.1 Å². The molecule has 0 aromatic heterocycles. The van der Waals surface area contributed by atoms with E-state index in [0.29, 0.717) is 6.54 Å². The lowest BCUT2D eigenvalue weighted by Gasteiger charge is -2.57. The van der Waals surface area contributed by atoms with Crippen molar-refractivity contribution in [1.82, 2.24) is 9.80 Å². The van der Waals surface area contributed by atoms with Gasteiger partial charge in [0.05, 0.1) is 13.7 Å². The Morgan fingerprint density at radius 3 is 2.24 bits per heavy atom. The number of methoxy groups -OCH3 is 2. The smallest absolute Gasteiger partial charge is 0.248 e. The third kappa shape index (κ3) is 5.22. The molecule has 0 spiro atoms. The highest BCUT2D eigenvalue weighted by Crippen LogP contribution is 2.41. The summed E-state index contributed by atoms with van der Waals surface area (Å²) >= 11 is 0. The van der Waals surface area contributed by atoms with E-state index < -0.39 is 0 Å². The van der Waals surface area contributed by atoms with Crippen molar-refractivity contribution in [3.63, 3.8) is 0 Å². The van der Waals surface area contributed by atoms with Gasteiger partial charge in [0.1, 0.15) is 12.4 Å². The van der Waals surface area contributed by atoms with E-state index in [2.05, 4.69) is 28.9 Å². The zero-order chi connectivity index (χ0) is 23.2. The van der Waals surface area contributed by atoms with Crippen LogP contribution in [0.5, 0.6) is 5.75 Å². The first-order valence-corrected chi connectivity index (χ1v) is 11.5. The van der Waals surface area contributed by atoms with Gasteiger partial charge >= 0.3 is 0 Å². The van der Waals surface area contributed by atoms with Gasteiger partial charge in [-0.25, -0.2) is 0 Å². The Morgan fingerprint density at radius 2 is 1.64 bits per heavy atom. The lowest BCUT2D eigenvalue weighted by Crippen LogP contribution is -2.68. The van der Waals surface area contributed by atoms with Crippen molar-refractivity contribution in [1.29, 1.82) is 0 Å². The van der Waals surface area contributed by atoms with E-state index in [9.17, 15) is 9.90 Å². The molecular weight excluding hydrogens is 416 g/mol. The van der Waals surface area contributed by atoms with E-state index in [1.54, 1.807) is 14.2 Å². The molecule has 0 saturated carbocycles. The molecule has 2 aliphatic rings. The summed E-state index contributed by atoms with van der Waals surface area (Å²) in [5, 5.41) is 10.1. The molecule has 0 radical (unpaired) electrons. The van der Waals surface area contributed by atoms with Crippen molar-refractivity contribution in [2.24, 2.45) is 0 Å². The van der Waals surface area contributed by atoms with Crippen molar-refractivity contribution in [3.8, 4) is 17.6 Å². The van der Waals surface area contributed by atoms with Crippen LogP contribution in [0.25, 0.3) is 0 Å². The topological polar surface area (TPSA) is 62.2 Å². The summed E-state index contributed by atoms with van der Waals surface area (Å²) in [6.45, 7) is 2.63. The van der Waals surface area contributed by atoms with Crippen molar-refractivity contribution in [3.05, 3.63) is 65.2 Å². The molecule has 6 heteroatoms. The van der Waals surface area contributed by atoms with Gasteiger partial charge in [0.2, 0.25) is 5.91 Å². The summed E-state index contributed by atoms with van der Waals surface area (Å²) in [7, 11) is 3.21. The average molecular weight is 449 g/mol. The van der Waals surface area contributed by atoms with E-state index in [1.165, 1.54) is 5.56 Å². The summed E-state index contributed by atoms with van der Waals surface area (Å²) in [4.78, 5) is 16.8. The molecule has 2 heterocycles. The maximum atomic E-state index is 12.5. The van der Waals surface area contributed by atoms with Gasteiger partial charge in [0.25, 0.3) is 0 Å². The standard InChI is InChI=1S/C27H32N2O4/c1-32-19-26(31)28-15-3-4-16-29-24(17-28)27(25(29)18-30)22-11-7-20(8-12-22)5-6-21-9-13-23(33-2)14-10-21/h7-14,24-25,27,30H,3-4,15-19H2,1-2H3/t24-,25-,27+/m0/s1. The molecule has 3 atom stereocenters. The summed E-state index contributed by atoms with van der Waals surface area (Å²) in [6, 6.07) is 16.3. The molecule has 0 bridgehead atoms. The van der Waals surface area contributed by atoms with Crippen LogP contribution in [-0.2, 0) is 9.53 Å². The van der Waals surface area contributed by atoms with E-state index in [4.69, 9.17) is 9.47 Å². The first-order chi connectivity index (χ1) is 16.1. The molecule has 1 amide bonds. The van der Waals surface area contributed by atoms with Crippen LogP contribution in [-0.4, -0.2) is 80.0 Å². The predicted molar refractivity (Wildman–Crippen MR) is 127 cm³/mol. The van der Waals surface area contributed by atoms with Gasteiger partial charge in [-0.05, 0) is 61.3 Å². The molecule has 6 nitrogen and oxygen atoms in total. The molecule has 2 aliphatic heterocycles. The van der Waals surface area contributed by atoms with Crippen LogP contribution in [0, 0.1) is 11.8 Å². The second-order valence-electron chi connectivity index (χ2n) is 8.66. The molecule has 0 aliphatic carbocycles. The molecule has 2 aromatic carbocycles. The fourth-order valence-corrected chi connectivity index (χ4v) is 4.99. The summed E-state index contributed by atoms with van der Waals surface area (Å²) in [5.41, 5.74) is 3.07.